The lowest BCUT2D eigenvalue weighted by molar-refractivity contribution is -0.0149. The average molecular weight is 657 g/mol. The Bertz CT molecular complexity index is 1450. The number of hydrogen-bond donors (Lipinski definition) is 0. The van der Waals surface area contributed by atoms with Gasteiger partial charge in [0, 0.05) is 28.9 Å². The van der Waals surface area contributed by atoms with Crippen LogP contribution in [-0.4, -0.2) is 24.4 Å². The summed E-state index contributed by atoms with van der Waals surface area (Å²) >= 11 is 0. The van der Waals surface area contributed by atoms with Crippen LogP contribution in [0.4, 0.5) is 0 Å². The van der Waals surface area contributed by atoms with E-state index in [-0.39, 0.29) is 11.2 Å². The second-order valence-electron chi connectivity index (χ2n) is 16.8. The molecule has 0 aromatic heterocycles. The fraction of sp³-hybridized carbons (Fsp3) is 0.682. The second kappa shape index (κ2) is 14.7. The van der Waals surface area contributed by atoms with Crippen molar-refractivity contribution in [3.05, 3.63) is 58.2 Å². The molecule has 0 radical (unpaired) electrons. The minimum atomic E-state index is -0.205. The fourth-order valence-corrected chi connectivity index (χ4v) is 9.55. The Morgan fingerprint density at radius 2 is 1.27 bits per heavy atom. The molecule has 6 rings (SSSR count). The second-order valence-corrected chi connectivity index (χ2v) is 16.8. The van der Waals surface area contributed by atoms with Crippen molar-refractivity contribution in [2.45, 2.75) is 162 Å². The molecule has 2 aromatic carbocycles. The first-order chi connectivity index (χ1) is 23.0. The van der Waals surface area contributed by atoms with Gasteiger partial charge in [-0.1, -0.05) is 64.5 Å². The van der Waals surface area contributed by atoms with E-state index in [1.54, 1.807) is 0 Å². The highest BCUT2D eigenvalue weighted by atomic mass is 16.5. The van der Waals surface area contributed by atoms with Crippen LogP contribution in [-0.2, 0) is 12.8 Å². The zero-order chi connectivity index (χ0) is 34.1. The van der Waals surface area contributed by atoms with Gasteiger partial charge in [0.15, 0.2) is 0 Å². The summed E-state index contributed by atoms with van der Waals surface area (Å²) in [5.41, 5.74) is 6.30. The van der Waals surface area contributed by atoms with Crippen molar-refractivity contribution in [1.82, 2.24) is 0 Å². The predicted octanol–water partition coefficient (Wildman–Crippen LogP) is 11.9. The van der Waals surface area contributed by atoms with Gasteiger partial charge >= 0.3 is 0 Å². The number of unbranched alkanes of at least 4 members (excludes halogenated alkanes) is 4. The standard InChI is InChI=1S/C44H64O4/c1-9-11-13-15-31-25-37(41-33-23-29(3)17-19-35(33)43(5,6)47-39(41)27-31)45-21-22-46-38-26-32(16-14-12-10-2)28-40-42(38)34-24-30(4)18-20-36(34)44(7,8)48-40/h23,25-28,30,33-36H,9-22,24H2,1-8H3/t30-,33-,34-,35-,36-/m1/s1. The lowest BCUT2D eigenvalue weighted by Crippen LogP contribution is -2.46. The van der Waals surface area contributed by atoms with Crippen molar-refractivity contribution in [3.8, 4) is 23.0 Å². The molecule has 4 heteroatoms. The van der Waals surface area contributed by atoms with Crippen molar-refractivity contribution >= 4 is 0 Å². The minimum absolute atomic E-state index is 0.165. The number of hydrogen-bond acceptors (Lipinski definition) is 4. The molecule has 0 amide bonds. The highest BCUT2D eigenvalue weighted by molar-refractivity contribution is 5.55. The SMILES string of the molecule is CCCCCc1cc(OCCOc2cc(CCCCC)cc3c2[C@@H]2C[C@H](C)CC[C@H]2C(C)(C)O3)c2c(c1)OC(C)(C)[C@@H]1CCC(C)=C[C@@H]21. The average Bonchev–Trinajstić information content (AvgIpc) is 3.02. The van der Waals surface area contributed by atoms with E-state index in [0.29, 0.717) is 36.9 Å². The molecule has 2 aliphatic carbocycles. The van der Waals surface area contributed by atoms with Crippen LogP contribution in [0.5, 0.6) is 23.0 Å². The third-order valence-electron chi connectivity index (χ3n) is 12.2. The summed E-state index contributed by atoms with van der Waals surface area (Å²) in [7, 11) is 0. The highest BCUT2D eigenvalue weighted by Crippen LogP contribution is 2.56. The Hall–Kier alpha value is -2.62. The minimum Gasteiger partial charge on any atom is -0.490 e. The topological polar surface area (TPSA) is 36.9 Å². The van der Waals surface area contributed by atoms with Gasteiger partial charge in [0.1, 0.15) is 47.4 Å². The number of fused-ring (bicyclic) bond motifs is 6. The molecule has 48 heavy (non-hydrogen) atoms. The van der Waals surface area contributed by atoms with Gasteiger partial charge in [0.2, 0.25) is 0 Å². The Morgan fingerprint density at radius 1 is 0.708 bits per heavy atom. The van der Waals surface area contributed by atoms with E-state index < -0.39 is 0 Å². The zero-order valence-electron chi connectivity index (χ0n) is 31.5. The Kier molecular flexibility index (Phi) is 10.8. The number of allylic oxidation sites excluding steroid dienone is 2. The van der Waals surface area contributed by atoms with Gasteiger partial charge in [-0.3, -0.25) is 0 Å². The number of ether oxygens (including phenoxy) is 4. The fourth-order valence-electron chi connectivity index (χ4n) is 9.55. The van der Waals surface area contributed by atoms with E-state index in [1.807, 2.05) is 0 Å². The van der Waals surface area contributed by atoms with E-state index >= 15 is 0 Å². The molecule has 1 fully saturated rings. The van der Waals surface area contributed by atoms with Gasteiger partial charge in [-0.2, -0.15) is 0 Å². The first-order valence-electron chi connectivity index (χ1n) is 19.6. The van der Waals surface area contributed by atoms with Crippen molar-refractivity contribution in [2.75, 3.05) is 13.2 Å². The van der Waals surface area contributed by atoms with Gasteiger partial charge < -0.3 is 18.9 Å². The number of rotatable bonds is 13. The van der Waals surface area contributed by atoms with Crippen molar-refractivity contribution in [1.29, 1.82) is 0 Å². The summed E-state index contributed by atoms with van der Waals surface area (Å²) < 4.78 is 27.2. The van der Waals surface area contributed by atoms with Crippen LogP contribution in [0.25, 0.3) is 0 Å². The third kappa shape index (κ3) is 7.43. The Morgan fingerprint density at radius 3 is 1.88 bits per heavy atom. The lowest BCUT2D eigenvalue weighted by atomic mass is 9.64. The number of benzene rings is 2. The van der Waals surface area contributed by atoms with E-state index in [9.17, 15) is 0 Å². The summed E-state index contributed by atoms with van der Waals surface area (Å²) in [5.74, 6) is 6.54. The molecule has 4 aliphatic rings. The van der Waals surface area contributed by atoms with Crippen LogP contribution in [0, 0.1) is 17.8 Å². The molecule has 0 saturated heterocycles. The molecule has 1 saturated carbocycles. The van der Waals surface area contributed by atoms with E-state index in [4.69, 9.17) is 18.9 Å². The molecular weight excluding hydrogens is 592 g/mol. The van der Waals surface area contributed by atoms with Crippen LogP contribution in [0.1, 0.15) is 160 Å². The molecule has 264 valence electrons. The van der Waals surface area contributed by atoms with Gasteiger partial charge in [0.25, 0.3) is 0 Å². The van der Waals surface area contributed by atoms with Crippen LogP contribution < -0.4 is 18.9 Å². The molecular formula is C44H64O4. The van der Waals surface area contributed by atoms with Crippen LogP contribution >= 0.6 is 0 Å². The summed E-state index contributed by atoms with van der Waals surface area (Å²) in [6, 6.07) is 9.28. The first kappa shape index (κ1) is 35.2. The summed E-state index contributed by atoms with van der Waals surface area (Å²) in [5, 5.41) is 0. The smallest absolute Gasteiger partial charge is 0.127 e. The molecule has 2 aliphatic heterocycles. The highest BCUT2D eigenvalue weighted by Gasteiger charge is 2.48. The quantitative estimate of drug-likeness (QED) is 0.159. The maximum atomic E-state index is 6.85. The van der Waals surface area contributed by atoms with E-state index in [0.717, 1.165) is 54.6 Å². The molecule has 0 spiro atoms. The van der Waals surface area contributed by atoms with E-state index in [1.165, 1.54) is 85.6 Å². The van der Waals surface area contributed by atoms with Crippen molar-refractivity contribution in [3.63, 3.8) is 0 Å². The molecule has 0 bridgehead atoms. The van der Waals surface area contributed by atoms with Gasteiger partial charge in [-0.05, 0) is 133 Å². The van der Waals surface area contributed by atoms with Gasteiger partial charge in [-0.15, -0.1) is 0 Å². The van der Waals surface area contributed by atoms with Crippen molar-refractivity contribution in [2.24, 2.45) is 17.8 Å². The Labute approximate surface area is 292 Å². The van der Waals surface area contributed by atoms with Crippen LogP contribution in [0.3, 0.4) is 0 Å². The Balaban J connectivity index is 1.27. The summed E-state index contributed by atoms with van der Waals surface area (Å²) in [6.07, 6.45) is 17.9. The first-order valence-corrected chi connectivity index (χ1v) is 19.6. The third-order valence-corrected chi connectivity index (χ3v) is 12.2. The molecule has 0 unspecified atom stereocenters. The summed E-state index contributed by atoms with van der Waals surface area (Å²) in [4.78, 5) is 0. The largest absolute Gasteiger partial charge is 0.490 e. The maximum absolute atomic E-state index is 6.85. The normalized spacial score (nSPS) is 26.5. The molecule has 2 heterocycles. The van der Waals surface area contributed by atoms with Crippen LogP contribution in [0.2, 0.25) is 0 Å². The van der Waals surface area contributed by atoms with Crippen LogP contribution in [0.15, 0.2) is 35.9 Å². The monoisotopic (exact) mass is 656 g/mol. The van der Waals surface area contributed by atoms with E-state index in [2.05, 4.69) is 85.7 Å². The molecule has 0 N–H and O–H groups in total. The number of aryl methyl sites for hydroxylation is 2. The maximum Gasteiger partial charge on any atom is 0.127 e. The molecule has 4 nitrogen and oxygen atoms in total. The van der Waals surface area contributed by atoms with Gasteiger partial charge in [0.05, 0.1) is 0 Å². The lowest BCUT2D eigenvalue weighted by Gasteiger charge is -2.49. The van der Waals surface area contributed by atoms with Crippen molar-refractivity contribution < 1.29 is 18.9 Å². The summed E-state index contributed by atoms with van der Waals surface area (Å²) in [6.45, 7) is 19.4. The van der Waals surface area contributed by atoms with Gasteiger partial charge in [-0.25, -0.2) is 0 Å². The predicted molar refractivity (Wildman–Crippen MR) is 198 cm³/mol. The molecule has 5 atom stereocenters. The zero-order valence-corrected chi connectivity index (χ0v) is 31.5. The molecule has 2 aromatic rings.